The van der Waals surface area contributed by atoms with Crippen molar-refractivity contribution in [2.45, 2.75) is 147 Å². The van der Waals surface area contributed by atoms with E-state index in [0.29, 0.717) is 0 Å². The molecule has 0 unspecified atom stereocenters. The van der Waals surface area contributed by atoms with E-state index in [1.165, 1.54) is 68.0 Å². The second-order valence-electron chi connectivity index (χ2n) is 12.7. The summed E-state index contributed by atoms with van der Waals surface area (Å²) in [6.45, 7) is 24.0. The maximum Gasteiger partial charge on any atom is 0.186 e. The molecule has 0 spiro atoms. The van der Waals surface area contributed by atoms with Crippen molar-refractivity contribution in [1.82, 2.24) is 0 Å². The molecule has 0 aliphatic heterocycles. The van der Waals surface area contributed by atoms with Crippen LogP contribution in [0.5, 0.6) is 0 Å². The molecule has 0 N–H and O–H groups in total. The average molecular weight is 584 g/mol. The Kier molecular flexibility index (Phi) is 19.7. The van der Waals surface area contributed by atoms with E-state index in [0.717, 1.165) is 45.0 Å². The normalized spacial score (nSPS) is 13.5. The van der Waals surface area contributed by atoms with Gasteiger partial charge in [-0.1, -0.05) is 64.2 Å². The van der Waals surface area contributed by atoms with Crippen molar-refractivity contribution >= 4 is 44.6 Å². The predicted octanol–water partition coefficient (Wildman–Crippen LogP) is 10.1. The van der Waals surface area contributed by atoms with Crippen molar-refractivity contribution in [3.63, 3.8) is 0 Å². The third kappa shape index (κ3) is 18.9. The van der Waals surface area contributed by atoms with E-state index in [1.54, 1.807) is 0 Å². The molecule has 212 valence electrons. The van der Waals surface area contributed by atoms with E-state index in [4.69, 9.17) is 24.9 Å². The van der Waals surface area contributed by atoms with Crippen molar-refractivity contribution in [3.8, 4) is 0 Å². The van der Waals surface area contributed by atoms with Crippen LogP contribution in [-0.4, -0.2) is 58.7 Å². The van der Waals surface area contributed by atoms with Gasteiger partial charge in [0, 0.05) is 25.7 Å². The van der Waals surface area contributed by atoms with E-state index in [1.807, 2.05) is 0 Å². The smallest absolute Gasteiger partial charge is 0.186 e. The lowest BCUT2D eigenvalue weighted by atomic mass is 10.5. The summed E-state index contributed by atoms with van der Waals surface area (Å²) in [5.41, 5.74) is 0. The zero-order chi connectivity index (χ0) is 26.8. The Morgan fingerprint density at radius 1 is 0.457 bits per heavy atom. The quantitative estimate of drug-likeness (QED) is 0.0836. The summed E-state index contributed by atoms with van der Waals surface area (Å²) in [7, 11) is -6.01. The Hall–Kier alpha value is 1.04. The first-order valence-corrected chi connectivity index (χ1v) is 27.6. The lowest BCUT2D eigenvalue weighted by molar-refractivity contribution is 0.306. The van der Waals surface area contributed by atoms with Crippen molar-refractivity contribution in [3.05, 3.63) is 0 Å². The van der Waals surface area contributed by atoms with Crippen molar-refractivity contribution < 1.29 is 13.3 Å². The molecule has 0 saturated carbocycles. The molecule has 0 fully saturated rings. The van der Waals surface area contributed by atoms with Gasteiger partial charge in [-0.05, 0) is 83.1 Å². The van der Waals surface area contributed by atoms with Crippen LogP contribution in [0, 0.1) is 0 Å². The molecule has 0 aromatic rings. The molecule has 0 heterocycles. The molecule has 0 aliphatic carbocycles. The largest absolute Gasteiger partial charge is 0.417 e. The molecule has 0 radical (unpaired) electrons. The van der Waals surface area contributed by atoms with Gasteiger partial charge in [-0.2, -0.15) is 0 Å². The fourth-order valence-electron chi connectivity index (χ4n) is 5.21. The molecule has 35 heavy (non-hydrogen) atoms. The van der Waals surface area contributed by atoms with E-state index in [2.05, 4.69) is 60.1 Å². The average Bonchev–Trinajstić information content (AvgIpc) is 2.78. The van der Waals surface area contributed by atoms with Crippen LogP contribution in [0.1, 0.15) is 65.7 Å². The van der Waals surface area contributed by atoms with E-state index >= 15 is 0 Å². The molecule has 0 amide bonds. The molecule has 0 aromatic carbocycles. The molecule has 0 rings (SSSR count). The molecule has 0 atom stereocenters. The minimum Gasteiger partial charge on any atom is -0.417 e. The second-order valence-corrected chi connectivity index (χ2v) is 31.0. The SMILES string of the molecule is CCCO[Si](C)(C)CCC[Si](CCCCl)(CCC[Si](C)(C)OCCC)CCC[Si](C)(C)OCCC. The highest BCUT2D eigenvalue weighted by atomic mass is 35.5. The van der Waals surface area contributed by atoms with Gasteiger partial charge in [0.05, 0.1) is 8.07 Å². The van der Waals surface area contributed by atoms with Gasteiger partial charge in [-0.15, -0.1) is 11.6 Å². The highest BCUT2D eigenvalue weighted by Crippen LogP contribution is 2.36. The topological polar surface area (TPSA) is 27.7 Å². The Morgan fingerprint density at radius 3 is 1.00 bits per heavy atom. The summed E-state index contributed by atoms with van der Waals surface area (Å²) in [6.07, 6.45) is 8.66. The van der Waals surface area contributed by atoms with Gasteiger partial charge in [-0.3, -0.25) is 0 Å². The molecule has 0 bridgehead atoms. The Bertz CT molecular complexity index is 454. The second kappa shape index (κ2) is 19.2. The van der Waals surface area contributed by atoms with Crippen LogP contribution in [0.3, 0.4) is 0 Å². The Balaban J connectivity index is 5.32. The number of hydrogen-bond donors (Lipinski definition) is 0. The van der Waals surface area contributed by atoms with Crippen LogP contribution in [0.15, 0.2) is 0 Å². The van der Waals surface area contributed by atoms with Gasteiger partial charge < -0.3 is 13.3 Å². The first-order chi connectivity index (χ1) is 16.4. The monoisotopic (exact) mass is 582 g/mol. The minimum atomic E-state index is -1.54. The zero-order valence-electron chi connectivity index (χ0n) is 25.3. The van der Waals surface area contributed by atoms with E-state index < -0.39 is 33.0 Å². The summed E-state index contributed by atoms with van der Waals surface area (Å²) in [5, 5.41) is 0. The molecule has 0 aliphatic rings. The van der Waals surface area contributed by atoms with Gasteiger partial charge in [0.2, 0.25) is 0 Å². The Morgan fingerprint density at radius 2 is 0.743 bits per heavy atom. The summed E-state index contributed by atoms with van der Waals surface area (Å²) in [5.74, 6) is 0.814. The minimum absolute atomic E-state index is 0.814. The van der Waals surface area contributed by atoms with Crippen molar-refractivity contribution in [2.24, 2.45) is 0 Å². The van der Waals surface area contributed by atoms with Crippen LogP contribution in [-0.2, 0) is 13.3 Å². The number of rotatable bonds is 24. The maximum atomic E-state index is 6.31. The maximum absolute atomic E-state index is 6.31. The molecular weight excluding hydrogens is 520 g/mol. The van der Waals surface area contributed by atoms with Gasteiger partial charge in [0.1, 0.15) is 0 Å². The summed E-state index contributed by atoms with van der Waals surface area (Å²) < 4.78 is 18.9. The highest BCUT2D eigenvalue weighted by molar-refractivity contribution is 6.80. The van der Waals surface area contributed by atoms with E-state index in [9.17, 15) is 0 Å². The van der Waals surface area contributed by atoms with Gasteiger partial charge in [0.25, 0.3) is 0 Å². The first kappa shape index (κ1) is 36.0. The lowest BCUT2D eigenvalue weighted by Crippen LogP contribution is -2.38. The molecule has 8 heteroatoms. The van der Waals surface area contributed by atoms with Crippen LogP contribution >= 0.6 is 11.6 Å². The van der Waals surface area contributed by atoms with Crippen LogP contribution in [0.4, 0.5) is 0 Å². The summed E-state index contributed by atoms with van der Waals surface area (Å²) in [4.78, 5) is 0. The lowest BCUT2D eigenvalue weighted by Gasteiger charge is -2.35. The number of halogens is 1. The fraction of sp³-hybridized carbons (Fsp3) is 1.00. The fourth-order valence-corrected chi connectivity index (χ4v) is 17.6. The van der Waals surface area contributed by atoms with Crippen LogP contribution in [0.25, 0.3) is 0 Å². The first-order valence-electron chi connectivity index (χ1n) is 14.8. The standard InChI is InChI=1S/C27H63ClO3Si4/c1-10-18-29-32(4,5)21-14-25-35(24-13-17-28,26-15-22-33(6,7)30-19-11-2)27-16-23-34(8,9)31-20-12-3/h10-27H2,1-9H3. The highest BCUT2D eigenvalue weighted by Gasteiger charge is 2.35. The number of hydrogen-bond acceptors (Lipinski definition) is 3. The molecular formula is C27H63ClO3Si4. The Labute approximate surface area is 230 Å². The summed E-state index contributed by atoms with van der Waals surface area (Å²) >= 11 is 6.28. The summed E-state index contributed by atoms with van der Waals surface area (Å²) in [6, 6.07) is 9.72. The van der Waals surface area contributed by atoms with Crippen molar-refractivity contribution in [2.75, 3.05) is 25.7 Å². The van der Waals surface area contributed by atoms with Gasteiger partial charge >= 0.3 is 0 Å². The number of alkyl halides is 1. The van der Waals surface area contributed by atoms with Gasteiger partial charge in [-0.25, -0.2) is 0 Å². The predicted molar refractivity (Wildman–Crippen MR) is 170 cm³/mol. The third-order valence-electron chi connectivity index (χ3n) is 7.39. The van der Waals surface area contributed by atoms with Crippen LogP contribution in [0.2, 0.25) is 81.6 Å². The molecule has 0 aromatic heterocycles. The third-order valence-corrected chi connectivity index (χ3v) is 20.9. The molecule has 0 saturated heterocycles. The molecule has 3 nitrogen and oxygen atoms in total. The van der Waals surface area contributed by atoms with Crippen LogP contribution < -0.4 is 0 Å². The van der Waals surface area contributed by atoms with Crippen molar-refractivity contribution in [1.29, 1.82) is 0 Å². The van der Waals surface area contributed by atoms with E-state index in [-0.39, 0.29) is 0 Å². The van der Waals surface area contributed by atoms with Gasteiger partial charge in [0.15, 0.2) is 25.0 Å². The zero-order valence-corrected chi connectivity index (χ0v) is 30.1.